The fraction of sp³-hybridized carbons (Fsp3) is 0.600. The number of non-ortho nitro benzene ring substituents is 1. The van der Waals surface area contributed by atoms with Gasteiger partial charge in [-0.15, -0.1) is 0 Å². The highest BCUT2D eigenvalue weighted by molar-refractivity contribution is 5.61. The van der Waals surface area contributed by atoms with E-state index in [-0.39, 0.29) is 16.1 Å². The Balaban J connectivity index is 1.94. The van der Waals surface area contributed by atoms with Gasteiger partial charge in [0.15, 0.2) is 0 Å². The summed E-state index contributed by atoms with van der Waals surface area (Å²) in [6, 6.07) is 5.24. The standard InChI is InChI=1S/C15H20N2O2/c1-11-10-15(7-3-2-4-8-15)16-14-6-5-12(17(18)19)9-13(11)14/h5-6,9,11,16H,2-4,7-8,10H2,1H3. The third-order valence-electron chi connectivity index (χ3n) is 4.68. The van der Waals surface area contributed by atoms with Crippen LogP contribution in [-0.4, -0.2) is 10.5 Å². The molecule has 102 valence electrons. The van der Waals surface area contributed by atoms with E-state index in [4.69, 9.17) is 0 Å². The van der Waals surface area contributed by atoms with Crippen molar-refractivity contribution in [2.45, 2.75) is 56.9 Å². The number of fused-ring (bicyclic) bond motifs is 1. The third-order valence-corrected chi connectivity index (χ3v) is 4.68. The molecule has 19 heavy (non-hydrogen) atoms. The summed E-state index contributed by atoms with van der Waals surface area (Å²) >= 11 is 0. The van der Waals surface area contributed by atoms with Crippen LogP contribution in [0.4, 0.5) is 11.4 Å². The van der Waals surface area contributed by atoms with Crippen LogP contribution >= 0.6 is 0 Å². The Bertz CT molecular complexity index is 507. The first-order chi connectivity index (χ1) is 9.10. The van der Waals surface area contributed by atoms with Crippen molar-refractivity contribution in [1.29, 1.82) is 0 Å². The molecular weight excluding hydrogens is 240 g/mol. The second-order valence-electron chi connectivity index (χ2n) is 6.10. The fourth-order valence-electron chi connectivity index (χ4n) is 3.78. The van der Waals surface area contributed by atoms with Crippen LogP contribution < -0.4 is 5.32 Å². The average molecular weight is 260 g/mol. The number of hydrogen-bond acceptors (Lipinski definition) is 3. The molecule has 1 atom stereocenters. The first-order valence-electron chi connectivity index (χ1n) is 7.16. The highest BCUT2D eigenvalue weighted by Gasteiger charge is 2.38. The number of anilines is 1. The normalized spacial score (nSPS) is 24.6. The number of hydrogen-bond donors (Lipinski definition) is 1. The first-order valence-corrected chi connectivity index (χ1v) is 7.16. The van der Waals surface area contributed by atoms with Gasteiger partial charge in [0.25, 0.3) is 5.69 Å². The molecule has 0 amide bonds. The Hall–Kier alpha value is -1.58. The number of nitro groups is 1. The van der Waals surface area contributed by atoms with E-state index >= 15 is 0 Å². The van der Waals surface area contributed by atoms with E-state index in [1.807, 2.05) is 6.07 Å². The molecule has 0 bridgehead atoms. The van der Waals surface area contributed by atoms with Crippen molar-refractivity contribution in [3.63, 3.8) is 0 Å². The molecule has 4 heteroatoms. The summed E-state index contributed by atoms with van der Waals surface area (Å²) < 4.78 is 0. The van der Waals surface area contributed by atoms with Gasteiger partial charge in [-0.1, -0.05) is 26.2 Å². The Morgan fingerprint density at radius 1 is 1.32 bits per heavy atom. The molecule has 1 heterocycles. The molecule has 1 N–H and O–H groups in total. The molecule has 4 nitrogen and oxygen atoms in total. The van der Waals surface area contributed by atoms with E-state index in [1.165, 1.54) is 32.1 Å². The molecule has 0 radical (unpaired) electrons. The zero-order chi connectivity index (χ0) is 13.5. The van der Waals surface area contributed by atoms with Crippen LogP contribution in [-0.2, 0) is 0 Å². The molecule has 0 aromatic heterocycles. The zero-order valence-electron chi connectivity index (χ0n) is 11.3. The summed E-state index contributed by atoms with van der Waals surface area (Å²) in [5.74, 6) is 0.397. The van der Waals surface area contributed by atoms with Crippen LogP contribution in [0.3, 0.4) is 0 Å². The lowest BCUT2D eigenvalue weighted by Crippen LogP contribution is -2.44. The van der Waals surface area contributed by atoms with E-state index in [0.29, 0.717) is 5.92 Å². The molecule has 1 aromatic rings. The number of benzene rings is 1. The van der Waals surface area contributed by atoms with E-state index in [1.54, 1.807) is 12.1 Å². The van der Waals surface area contributed by atoms with Gasteiger partial charge in [-0.25, -0.2) is 0 Å². The van der Waals surface area contributed by atoms with Crippen LogP contribution in [0.25, 0.3) is 0 Å². The SMILES string of the molecule is CC1CC2(CCCCC2)Nc2ccc([N+](=O)[O-])cc21. The van der Waals surface area contributed by atoms with Gasteiger partial charge < -0.3 is 5.32 Å². The monoisotopic (exact) mass is 260 g/mol. The van der Waals surface area contributed by atoms with Gasteiger partial charge in [0.2, 0.25) is 0 Å². The van der Waals surface area contributed by atoms with Gasteiger partial charge in [0, 0.05) is 23.4 Å². The summed E-state index contributed by atoms with van der Waals surface area (Å²) in [7, 11) is 0. The molecule has 1 fully saturated rings. The van der Waals surface area contributed by atoms with Crippen molar-refractivity contribution in [3.05, 3.63) is 33.9 Å². The summed E-state index contributed by atoms with van der Waals surface area (Å²) in [5, 5.41) is 14.6. The molecule has 1 unspecified atom stereocenters. The van der Waals surface area contributed by atoms with Crippen molar-refractivity contribution in [3.8, 4) is 0 Å². The summed E-state index contributed by atoms with van der Waals surface area (Å²) in [6.45, 7) is 2.19. The van der Waals surface area contributed by atoms with Gasteiger partial charge >= 0.3 is 0 Å². The number of nitrogens with one attached hydrogen (secondary N) is 1. The third kappa shape index (κ3) is 2.20. The van der Waals surface area contributed by atoms with Crippen LogP contribution in [0.2, 0.25) is 0 Å². The van der Waals surface area contributed by atoms with Crippen molar-refractivity contribution in [2.24, 2.45) is 0 Å². The Labute approximate surface area is 113 Å². The summed E-state index contributed by atoms with van der Waals surface area (Å²) in [4.78, 5) is 10.6. The van der Waals surface area contributed by atoms with E-state index in [9.17, 15) is 10.1 Å². The van der Waals surface area contributed by atoms with Gasteiger partial charge in [0.1, 0.15) is 0 Å². The maximum Gasteiger partial charge on any atom is 0.269 e. The maximum absolute atomic E-state index is 10.9. The molecule has 1 aromatic carbocycles. The van der Waals surface area contributed by atoms with Crippen molar-refractivity contribution in [1.82, 2.24) is 0 Å². The smallest absolute Gasteiger partial charge is 0.269 e. The van der Waals surface area contributed by atoms with Crippen molar-refractivity contribution >= 4 is 11.4 Å². The largest absolute Gasteiger partial charge is 0.379 e. The average Bonchev–Trinajstić information content (AvgIpc) is 2.39. The number of nitrogens with zero attached hydrogens (tertiary/aromatic N) is 1. The van der Waals surface area contributed by atoms with Crippen LogP contribution in [0.15, 0.2) is 18.2 Å². The highest BCUT2D eigenvalue weighted by atomic mass is 16.6. The minimum atomic E-state index is -0.308. The minimum absolute atomic E-state index is 0.201. The maximum atomic E-state index is 10.9. The predicted molar refractivity (Wildman–Crippen MR) is 75.6 cm³/mol. The second kappa shape index (κ2) is 4.51. The van der Waals surface area contributed by atoms with Gasteiger partial charge in [-0.3, -0.25) is 10.1 Å². The van der Waals surface area contributed by atoms with E-state index in [0.717, 1.165) is 17.7 Å². The fourth-order valence-corrected chi connectivity index (χ4v) is 3.78. The minimum Gasteiger partial charge on any atom is -0.379 e. The van der Waals surface area contributed by atoms with Crippen LogP contribution in [0.1, 0.15) is 56.9 Å². The number of nitro benzene ring substituents is 1. The van der Waals surface area contributed by atoms with Gasteiger partial charge in [-0.05, 0) is 36.8 Å². The quantitative estimate of drug-likeness (QED) is 0.607. The number of rotatable bonds is 1. The molecule has 0 saturated heterocycles. The molecule has 3 rings (SSSR count). The Kier molecular flexibility index (Phi) is 2.96. The van der Waals surface area contributed by atoms with Crippen molar-refractivity contribution in [2.75, 3.05) is 5.32 Å². The van der Waals surface area contributed by atoms with Crippen molar-refractivity contribution < 1.29 is 4.92 Å². The van der Waals surface area contributed by atoms with Gasteiger partial charge in [0.05, 0.1) is 4.92 Å². The lowest BCUT2D eigenvalue weighted by molar-refractivity contribution is -0.384. The summed E-state index contributed by atoms with van der Waals surface area (Å²) in [5.41, 5.74) is 2.64. The zero-order valence-corrected chi connectivity index (χ0v) is 11.3. The first kappa shape index (κ1) is 12.5. The molecule has 1 saturated carbocycles. The van der Waals surface area contributed by atoms with E-state index in [2.05, 4.69) is 12.2 Å². The lowest BCUT2D eigenvalue weighted by atomic mass is 9.72. The van der Waals surface area contributed by atoms with Crippen LogP contribution in [0, 0.1) is 10.1 Å². The molecule has 2 aliphatic rings. The molecule has 1 aliphatic carbocycles. The summed E-state index contributed by atoms with van der Waals surface area (Å²) in [6.07, 6.45) is 7.48. The second-order valence-corrected chi connectivity index (χ2v) is 6.10. The molecule has 1 spiro atoms. The Morgan fingerprint density at radius 2 is 2.05 bits per heavy atom. The van der Waals surface area contributed by atoms with Crippen LogP contribution in [0.5, 0.6) is 0 Å². The molecular formula is C15H20N2O2. The van der Waals surface area contributed by atoms with Gasteiger partial charge in [-0.2, -0.15) is 0 Å². The van der Waals surface area contributed by atoms with E-state index < -0.39 is 0 Å². The highest BCUT2D eigenvalue weighted by Crippen LogP contribution is 2.46. The Morgan fingerprint density at radius 3 is 2.74 bits per heavy atom. The predicted octanol–water partition coefficient (Wildman–Crippen LogP) is 4.22. The topological polar surface area (TPSA) is 55.2 Å². The molecule has 1 aliphatic heterocycles. The lowest BCUT2D eigenvalue weighted by Gasteiger charge is -2.45.